The summed E-state index contributed by atoms with van der Waals surface area (Å²) < 4.78 is 22.6. The molecule has 0 saturated carbocycles. The number of rotatable bonds is 7. The van der Waals surface area contributed by atoms with Gasteiger partial charge in [0.05, 0.1) is 49.9 Å². The number of nitrogens with one attached hydrogen (secondary N) is 1. The van der Waals surface area contributed by atoms with Gasteiger partial charge in [-0.15, -0.1) is 0 Å². The van der Waals surface area contributed by atoms with E-state index in [0.29, 0.717) is 61.3 Å². The van der Waals surface area contributed by atoms with Crippen molar-refractivity contribution >= 4 is 17.5 Å². The minimum atomic E-state index is -0.112. The molecule has 0 spiro atoms. The van der Waals surface area contributed by atoms with Crippen molar-refractivity contribution < 1.29 is 23.7 Å². The van der Waals surface area contributed by atoms with E-state index in [4.69, 9.17) is 18.9 Å². The van der Waals surface area contributed by atoms with E-state index in [9.17, 15) is 10.1 Å². The number of pyridine rings is 1. The third kappa shape index (κ3) is 5.44. The van der Waals surface area contributed by atoms with Crippen LogP contribution in [0.5, 0.6) is 5.88 Å². The van der Waals surface area contributed by atoms with Gasteiger partial charge in [0, 0.05) is 44.3 Å². The Bertz CT molecular complexity index is 1330. The maximum absolute atomic E-state index is 13.1. The monoisotopic (exact) mass is 530 g/mol. The van der Waals surface area contributed by atoms with Gasteiger partial charge in [-0.05, 0) is 24.6 Å². The minimum Gasteiger partial charge on any atom is -0.489 e. The largest absolute Gasteiger partial charge is 0.489 e. The molecule has 3 unspecified atom stereocenters. The summed E-state index contributed by atoms with van der Waals surface area (Å²) in [4.78, 5) is 28.2. The quantitative estimate of drug-likeness (QED) is 0.569. The predicted octanol–water partition coefficient (Wildman–Crippen LogP) is 3.25. The van der Waals surface area contributed by atoms with Crippen molar-refractivity contribution in [3.63, 3.8) is 0 Å². The van der Waals surface area contributed by atoms with Crippen LogP contribution in [0.2, 0.25) is 0 Å². The third-order valence-electron chi connectivity index (χ3n) is 7.45. The summed E-state index contributed by atoms with van der Waals surface area (Å²) in [6, 6.07) is 7.59. The Balaban J connectivity index is 1.13. The Morgan fingerprint density at radius 3 is 2.72 bits per heavy atom. The first-order chi connectivity index (χ1) is 19.1. The zero-order valence-corrected chi connectivity index (χ0v) is 21.7. The molecular weight excluding hydrogens is 500 g/mol. The molecule has 4 aliphatic heterocycles. The molecule has 1 amide bonds. The normalized spacial score (nSPS) is 24.5. The minimum absolute atomic E-state index is 0.0683. The maximum atomic E-state index is 13.1. The second-order valence-electron chi connectivity index (χ2n) is 10.1. The number of piperidine rings is 1. The number of hydrogen-bond acceptors (Lipinski definition) is 10. The van der Waals surface area contributed by atoms with Crippen LogP contribution in [0.1, 0.15) is 47.7 Å². The van der Waals surface area contributed by atoms with E-state index in [1.165, 1.54) is 13.4 Å². The number of nitriles is 1. The van der Waals surface area contributed by atoms with Crippen LogP contribution in [-0.2, 0) is 14.2 Å². The summed E-state index contributed by atoms with van der Waals surface area (Å²) in [6.45, 7) is 2.53. The lowest BCUT2D eigenvalue weighted by Crippen LogP contribution is -2.58. The number of anilines is 2. The first-order valence-corrected chi connectivity index (χ1v) is 13.2. The Kier molecular flexibility index (Phi) is 7.13. The van der Waals surface area contributed by atoms with Crippen LogP contribution in [-0.4, -0.2) is 77.5 Å². The van der Waals surface area contributed by atoms with Crippen LogP contribution in [0.4, 0.5) is 11.6 Å². The molecule has 5 aliphatic rings. The van der Waals surface area contributed by atoms with Crippen molar-refractivity contribution in [2.45, 2.75) is 49.9 Å². The number of carbonyl (C=O) groups excluding carboxylic acids is 1. The molecule has 1 aliphatic carbocycles. The lowest BCUT2D eigenvalue weighted by atomic mass is 9.91. The molecule has 11 heteroatoms. The lowest BCUT2D eigenvalue weighted by Gasteiger charge is -2.47. The van der Waals surface area contributed by atoms with E-state index in [1.54, 1.807) is 17.0 Å². The van der Waals surface area contributed by atoms with E-state index in [1.807, 2.05) is 18.2 Å². The molecule has 7 rings (SSSR count). The van der Waals surface area contributed by atoms with Gasteiger partial charge in [-0.25, -0.2) is 9.97 Å². The summed E-state index contributed by atoms with van der Waals surface area (Å²) in [6.07, 6.45) is 8.84. The molecule has 6 heterocycles. The molecule has 4 fully saturated rings. The first kappa shape index (κ1) is 25.3. The van der Waals surface area contributed by atoms with Crippen LogP contribution in [0.3, 0.4) is 0 Å². The highest BCUT2D eigenvalue weighted by Crippen LogP contribution is 2.33. The fraction of sp³-hybridized carbons (Fsp3) is 0.464. The summed E-state index contributed by atoms with van der Waals surface area (Å²) in [5.74, 6) is 1.71. The van der Waals surface area contributed by atoms with E-state index in [0.717, 1.165) is 25.0 Å². The Morgan fingerprint density at radius 1 is 1.18 bits per heavy atom. The van der Waals surface area contributed by atoms with Crippen LogP contribution in [0.25, 0.3) is 0 Å². The highest BCUT2D eigenvalue weighted by molar-refractivity contribution is 5.97. The van der Waals surface area contributed by atoms with Gasteiger partial charge in [-0.2, -0.15) is 10.2 Å². The third-order valence-corrected chi connectivity index (χ3v) is 7.45. The number of morpholine rings is 1. The van der Waals surface area contributed by atoms with Crippen molar-refractivity contribution in [1.29, 1.82) is 5.26 Å². The van der Waals surface area contributed by atoms with Gasteiger partial charge in [0.15, 0.2) is 0 Å². The number of allylic oxidation sites excluding steroid dienone is 3. The fourth-order valence-electron chi connectivity index (χ4n) is 5.38. The van der Waals surface area contributed by atoms with Gasteiger partial charge in [0.2, 0.25) is 5.88 Å². The first-order valence-electron chi connectivity index (χ1n) is 13.2. The molecule has 39 heavy (non-hydrogen) atoms. The van der Waals surface area contributed by atoms with E-state index in [-0.39, 0.29) is 36.0 Å². The zero-order valence-electron chi connectivity index (χ0n) is 21.7. The smallest absolute Gasteiger partial charge is 0.259 e. The zero-order chi connectivity index (χ0) is 26.8. The maximum Gasteiger partial charge on any atom is 0.259 e. The van der Waals surface area contributed by atoms with E-state index >= 15 is 0 Å². The van der Waals surface area contributed by atoms with Crippen molar-refractivity contribution in [2.75, 3.05) is 38.7 Å². The molecule has 3 atom stereocenters. The van der Waals surface area contributed by atoms with Gasteiger partial charge in [0.1, 0.15) is 35.4 Å². The molecule has 2 aromatic heterocycles. The molecule has 11 nitrogen and oxygen atoms in total. The highest BCUT2D eigenvalue weighted by Gasteiger charge is 2.40. The molecule has 2 aromatic rings. The second kappa shape index (κ2) is 11.0. The van der Waals surface area contributed by atoms with Crippen molar-refractivity contribution in [1.82, 2.24) is 19.9 Å². The number of aromatic nitrogens is 3. The van der Waals surface area contributed by atoms with Crippen molar-refractivity contribution in [3.05, 3.63) is 59.3 Å². The Hall–Kier alpha value is -4.01. The standard InChI is InChI=1S/C28H30N6O5/c1-36-27-22(28(35)34-14-20-11-21(15-34)38-20)3-5-25(33-27)32-26-12-23(30-16-31-26)17-2-4-24(18(10-17)13-29)39-19-6-8-37-9-7-19/h2-5,12,16-17,19-21H,6-11,14-15H2,1H3,(H,30,31,32,33). The average molecular weight is 531 g/mol. The van der Waals surface area contributed by atoms with Crippen LogP contribution in [0.15, 0.2) is 48.0 Å². The molecule has 1 N–H and O–H groups in total. The molecule has 0 aromatic carbocycles. The molecular formula is C28H30N6O5. The average Bonchev–Trinajstić information content (AvgIpc) is 2.97. The molecule has 2 bridgehead atoms. The highest BCUT2D eigenvalue weighted by atomic mass is 16.5. The predicted molar refractivity (Wildman–Crippen MR) is 139 cm³/mol. The number of carbonyl (C=O) groups is 1. The Morgan fingerprint density at radius 2 is 1.97 bits per heavy atom. The van der Waals surface area contributed by atoms with Crippen LogP contribution in [0, 0.1) is 11.3 Å². The van der Waals surface area contributed by atoms with Gasteiger partial charge >= 0.3 is 0 Å². The van der Waals surface area contributed by atoms with Crippen molar-refractivity contribution in [3.8, 4) is 11.9 Å². The molecule has 202 valence electrons. The second-order valence-corrected chi connectivity index (χ2v) is 10.1. The Labute approximate surface area is 226 Å². The van der Waals surface area contributed by atoms with Gasteiger partial charge in [0.25, 0.3) is 5.91 Å². The van der Waals surface area contributed by atoms with Gasteiger partial charge < -0.3 is 29.2 Å². The SMILES string of the molecule is COc1nc(Nc2cc(C3C=CC(OC4CCOCC4)=C(C#N)C3)ncn2)ccc1C(=O)N1CC2CC(C1)O2. The summed E-state index contributed by atoms with van der Waals surface area (Å²) in [7, 11) is 1.50. The summed E-state index contributed by atoms with van der Waals surface area (Å²) >= 11 is 0. The van der Waals surface area contributed by atoms with Crippen LogP contribution < -0.4 is 10.1 Å². The number of methoxy groups -OCH3 is 1. The number of nitrogens with zero attached hydrogens (tertiary/aromatic N) is 5. The van der Waals surface area contributed by atoms with Gasteiger partial charge in [-0.3, -0.25) is 4.79 Å². The number of fused-ring (bicyclic) bond motifs is 2. The van der Waals surface area contributed by atoms with E-state index in [2.05, 4.69) is 26.3 Å². The summed E-state index contributed by atoms with van der Waals surface area (Å²) in [5.41, 5.74) is 1.78. The number of ether oxygens (including phenoxy) is 4. The topological polar surface area (TPSA) is 132 Å². The van der Waals surface area contributed by atoms with Crippen LogP contribution >= 0.6 is 0 Å². The number of amides is 1. The fourth-order valence-corrected chi connectivity index (χ4v) is 5.38. The molecule has 4 saturated heterocycles. The summed E-state index contributed by atoms with van der Waals surface area (Å²) in [5, 5.41) is 13.0. The van der Waals surface area contributed by atoms with Crippen molar-refractivity contribution in [2.24, 2.45) is 0 Å². The lowest BCUT2D eigenvalue weighted by molar-refractivity contribution is -0.171. The molecule has 0 radical (unpaired) electrons. The van der Waals surface area contributed by atoms with Gasteiger partial charge in [-0.1, -0.05) is 6.08 Å². The number of hydrogen-bond donors (Lipinski definition) is 1. The van der Waals surface area contributed by atoms with E-state index < -0.39 is 0 Å².